The molecule has 8 heteroatoms. The van der Waals surface area contributed by atoms with Gasteiger partial charge in [-0.05, 0) is 24.4 Å². The first kappa shape index (κ1) is 16.5. The van der Waals surface area contributed by atoms with Crippen LogP contribution < -0.4 is 0 Å². The molecule has 0 aromatic carbocycles. The third kappa shape index (κ3) is 3.28. The molecule has 0 bridgehead atoms. The number of hydrogen-bond acceptors (Lipinski definition) is 5. The van der Waals surface area contributed by atoms with Crippen molar-refractivity contribution in [2.75, 3.05) is 32.8 Å². The topological polar surface area (TPSA) is 67.7 Å². The van der Waals surface area contributed by atoms with Gasteiger partial charge < -0.3 is 14.5 Å². The molecular formula is C16H20N4O3S. The van der Waals surface area contributed by atoms with Crippen molar-refractivity contribution in [2.24, 2.45) is 7.05 Å². The van der Waals surface area contributed by atoms with Crippen molar-refractivity contribution < 1.29 is 14.3 Å². The Hall–Kier alpha value is -2.35. The number of thiophene rings is 1. The summed E-state index contributed by atoms with van der Waals surface area (Å²) in [4.78, 5) is 28.9. The summed E-state index contributed by atoms with van der Waals surface area (Å²) in [6.07, 6.45) is -0.315. The molecule has 2 aromatic heterocycles. The Labute approximate surface area is 144 Å². The Bertz CT molecular complexity index is 718. The highest BCUT2D eigenvalue weighted by Crippen LogP contribution is 2.24. The van der Waals surface area contributed by atoms with Crippen molar-refractivity contribution in [3.05, 3.63) is 29.3 Å². The zero-order chi connectivity index (χ0) is 17.1. The lowest BCUT2D eigenvalue weighted by molar-refractivity contribution is 0.0562. The van der Waals surface area contributed by atoms with Gasteiger partial charge in [0.05, 0.1) is 11.5 Å². The minimum atomic E-state index is -0.315. The second-order valence-electron chi connectivity index (χ2n) is 5.49. The van der Waals surface area contributed by atoms with Crippen LogP contribution in [0.2, 0.25) is 0 Å². The fraction of sp³-hybridized carbons (Fsp3) is 0.438. The maximum Gasteiger partial charge on any atom is 0.409 e. The van der Waals surface area contributed by atoms with Gasteiger partial charge in [-0.15, -0.1) is 11.3 Å². The molecule has 0 aliphatic carbocycles. The summed E-state index contributed by atoms with van der Waals surface area (Å²) < 4.78 is 6.62. The van der Waals surface area contributed by atoms with Crippen molar-refractivity contribution in [3.63, 3.8) is 0 Å². The fourth-order valence-electron chi connectivity index (χ4n) is 2.68. The standard InChI is InChI=1S/C16H20N4O3S/c1-3-23-16(22)20-8-6-19(7-9-20)15(21)13-11-12(17-18(13)2)14-5-4-10-24-14/h4-5,10-11H,3,6-9H2,1-2H3. The van der Waals surface area contributed by atoms with E-state index in [0.29, 0.717) is 38.5 Å². The zero-order valence-corrected chi connectivity index (χ0v) is 14.6. The first-order valence-corrected chi connectivity index (χ1v) is 8.77. The lowest BCUT2D eigenvalue weighted by Crippen LogP contribution is -2.51. The number of hydrogen-bond donors (Lipinski definition) is 0. The highest BCUT2D eigenvalue weighted by molar-refractivity contribution is 7.13. The Morgan fingerprint density at radius 3 is 2.58 bits per heavy atom. The van der Waals surface area contributed by atoms with Crippen LogP contribution in [-0.2, 0) is 11.8 Å². The number of aromatic nitrogens is 2. The van der Waals surface area contributed by atoms with Crippen LogP contribution in [0.4, 0.5) is 4.79 Å². The number of carbonyl (C=O) groups is 2. The molecule has 3 rings (SSSR count). The van der Waals surface area contributed by atoms with Crippen molar-refractivity contribution in [3.8, 4) is 10.6 Å². The third-order valence-corrected chi connectivity index (χ3v) is 4.86. The van der Waals surface area contributed by atoms with Crippen LogP contribution in [0, 0.1) is 0 Å². The molecule has 1 aliphatic rings. The Balaban J connectivity index is 1.67. The lowest BCUT2D eigenvalue weighted by atomic mass is 10.2. The summed E-state index contributed by atoms with van der Waals surface area (Å²) in [5.41, 5.74) is 1.36. The van der Waals surface area contributed by atoms with Crippen LogP contribution in [-0.4, -0.2) is 64.4 Å². The summed E-state index contributed by atoms with van der Waals surface area (Å²) in [5.74, 6) is -0.0590. The van der Waals surface area contributed by atoms with Gasteiger partial charge in [0.25, 0.3) is 5.91 Å². The largest absolute Gasteiger partial charge is 0.450 e. The van der Waals surface area contributed by atoms with Crippen LogP contribution in [0.15, 0.2) is 23.6 Å². The van der Waals surface area contributed by atoms with E-state index in [9.17, 15) is 9.59 Å². The van der Waals surface area contributed by atoms with Crippen molar-refractivity contribution in [2.45, 2.75) is 6.92 Å². The summed E-state index contributed by atoms with van der Waals surface area (Å²) in [7, 11) is 1.78. The highest BCUT2D eigenvalue weighted by Gasteiger charge is 2.27. The minimum absolute atomic E-state index is 0.0590. The summed E-state index contributed by atoms with van der Waals surface area (Å²) >= 11 is 1.59. The molecule has 2 amide bonds. The molecule has 7 nitrogen and oxygen atoms in total. The normalized spacial score (nSPS) is 14.8. The summed E-state index contributed by atoms with van der Waals surface area (Å²) in [5, 5.41) is 6.42. The fourth-order valence-corrected chi connectivity index (χ4v) is 3.36. The first-order chi connectivity index (χ1) is 11.6. The van der Waals surface area contributed by atoms with Crippen molar-refractivity contribution in [1.29, 1.82) is 0 Å². The number of piperazine rings is 1. The molecule has 0 radical (unpaired) electrons. The van der Waals surface area contributed by atoms with E-state index in [1.807, 2.05) is 23.6 Å². The molecule has 1 fully saturated rings. The number of aryl methyl sites for hydroxylation is 1. The third-order valence-electron chi connectivity index (χ3n) is 3.97. The molecule has 0 N–H and O–H groups in total. The molecule has 0 atom stereocenters. The molecule has 24 heavy (non-hydrogen) atoms. The van der Waals surface area contributed by atoms with Gasteiger partial charge in [0.1, 0.15) is 11.4 Å². The molecule has 0 spiro atoms. The molecule has 1 aliphatic heterocycles. The number of nitrogens with zero attached hydrogens (tertiary/aromatic N) is 4. The average Bonchev–Trinajstić information content (AvgIpc) is 3.24. The van der Waals surface area contributed by atoms with Crippen LogP contribution >= 0.6 is 11.3 Å². The molecular weight excluding hydrogens is 328 g/mol. The number of rotatable bonds is 3. The van der Waals surface area contributed by atoms with Crippen LogP contribution in [0.1, 0.15) is 17.4 Å². The SMILES string of the molecule is CCOC(=O)N1CCN(C(=O)c2cc(-c3cccs3)nn2C)CC1. The Kier molecular flexibility index (Phi) is 4.84. The predicted octanol–water partition coefficient (Wildman–Crippen LogP) is 2.06. The van der Waals surface area contributed by atoms with E-state index in [-0.39, 0.29) is 12.0 Å². The predicted molar refractivity (Wildman–Crippen MR) is 91.0 cm³/mol. The second kappa shape index (κ2) is 7.04. The van der Waals surface area contributed by atoms with Gasteiger partial charge in [-0.3, -0.25) is 9.48 Å². The van der Waals surface area contributed by atoms with E-state index in [1.54, 1.807) is 39.8 Å². The average molecular weight is 348 g/mol. The van der Waals surface area contributed by atoms with E-state index in [2.05, 4.69) is 5.10 Å². The van der Waals surface area contributed by atoms with Crippen LogP contribution in [0.5, 0.6) is 0 Å². The van der Waals surface area contributed by atoms with Crippen LogP contribution in [0.25, 0.3) is 10.6 Å². The summed E-state index contributed by atoms with van der Waals surface area (Å²) in [6, 6.07) is 5.77. The van der Waals surface area contributed by atoms with E-state index in [0.717, 1.165) is 10.6 Å². The van der Waals surface area contributed by atoms with Gasteiger partial charge in [0.2, 0.25) is 0 Å². The molecule has 0 unspecified atom stereocenters. The van der Waals surface area contributed by atoms with Gasteiger partial charge in [-0.25, -0.2) is 4.79 Å². The van der Waals surface area contributed by atoms with Gasteiger partial charge in [-0.2, -0.15) is 5.10 Å². The molecule has 2 aromatic rings. The zero-order valence-electron chi connectivity index (χ0n) is 13.8. The summed E-state index contributed by atoms with van der Waals surface area (Å²) in [6.45, 7) is 4.11. The molecule has 0 saturated carbocycles. The highest BCUT2D eigenvalue weighted by atomic mass is 32.1. The quantitative estimate of drug-likeness (QED) is 0.851. The molecule has 128 valence electrons. The van der Waals surface area contributed by atoms with Gasteiger partial charge >= 0.3 is 6.09 Å². The second-order valence-corrected chi connectivity index (χ2v) is 6.44. The smallest absolute Gasteiger partial charge is 0.409 e. The maximum atomic E-state index is 12.7. The maximum absolute atomic E-state index is 12.7. The van der Waals surface area contributed by atoms with Gasteiger partial charge in [0.15, 0.2) is 0 Å². The Morgan fingerprint density at radius 1 is 1.25 bits per heavy atom. The van der Waals surface area contributed by atoms with E-state index in [4.69, 9.17) is 4.74 Å². The number of ether oxygens (including phenoxy) is 1. The monoisotopic (exact) mass is 348 g/mol. The van der Waals surface area contributed by atoms with E-state index in [1.165, 1.54) is 0 Å². The van der Waals surface area contributed by atoms with Crippen molar-refractivity contribution in [1.82, 2.24) is 19.6 Å². The van der Waals surface area contributed by atoms with E-state index >= 15 is 0 Å². The van der Waals surface area contributed by atoms with Gasteiger partial charge in [-0.1, -0.05) is 6.07 Å². The number of carbonyl (C=O) groups excluding carboxylic acids is 2. The van der Waals surface area contributed by atoms with Crippen LogP contribution in [0.3, 0.4) is 0 Å². The van der Waals surface area contributed by atoms with E-state index < -0.39 is 0 Å². The number of amides is 2. The Morgan fingerprint density at radius 2 is 1.96 bits per heavy atom. The minimum Gasteiger partial charge on any atom is -0.450 e. The van der Waals surface area contributed by atoms with Crippen molar-refractivity contribution >= 4 is 23.3 Å². The molecule has 3 heterocycles. The van der Waals surface area contributed by atoms with Gasteiger partial charge in [0, 0.05) is 33.2 Å². The lowest BCUT2D eigenvalue weighted by Gasteiger charge is -2.33. The first-order valence-electron chi connectivity index (χ1n) is 7.89. The molecule has 1 saturated heterocycles.